The van der Waals surface area contributed by atoms with Gasteiger partial charge in [0.15, 0.2) is 0 Å². The summed E-state index contributed by atoms with van der Waals surface area (Å²) in [5, 5.41) is 3.28. The summed E-state index contributed by atoms with van der Waals surface area (Å²) in [6.07, 6.45) is 0.484. The predicted octanol–water partition coefficient (Wildman–Crippen LogP) is 2.04. The van der Waals surface area contributed by atoms with Crippen molar-refractivity contribution < 1.29 is 18.3 Å². The first-order valence-corrected chi connectivity index (χ1v) is 7.35. The number of hydrogen-bond acceptors (Lipinski definition) is 4. The molecule has 1 fully saturated rings. The molecule has 1 aliphatic rings. The van der Waals surface area contributed by atoms with Gasteiger partial charge in [-0.1, -0.05) is 6.92 Å². The Balaban J connectivity index is 2.70. The van der Waals surface area contributed by atoms with Crippen LogP contribution in [0, 0.1) is 0 Å². The third kappa shape index (κ3) is 4.38. The number of alkyl halides is 2. The third-order valence-corrected chi connectivity index (χ3v) is 3.92. The lowest BCUT2D eigenvalue weighted by Gasteiger charge is -2.30. The van der Waals surface area contributed by atoms with Gasteiger partial charge in [0, 0.05) is 6.04 Å². The van der Waals surface area contributed by atoms with E-state index >= 15 is 0 Å². The Hall–Kier alpha value is -0.750. The van der Waals surface area contributed by atoms with Crippen LogP contribution in [0.15, 0.2) is 0 Å². The van der Waals surface area contributed by atoms with E-state index in [2.05, 4.69) is 5.32 Å². The van der Waals surface area contributed by atoms with E-state index in [9.17, 15) is 13.6 Å². The maximum Gasteiger partial charge on any atom is 0.326 e. The average molecular weight is 292 g/mol. The van der Waals surface area contributed by atoms with Crippen LogP contribution in [0.3, 0.4) is 0 Å². The molecule has 1 N–H and O–H groups in total. The summed E-state index contributed by atoms with van der Waals surface area (Å²) in [7, 11) is 1.69. The Morgan fingerprint density at radius 2 is 2.20 bits per heavy atom. The number of esters is 1. The summed E-state index contributed by atoms with van der Waals surface area (Å²) in [5.74, 6) is -0.249. The number of rotatable bonds is 8. The number of carbonyl (C=O) groups is 1. The fourth-order valence-corrected chi connectivity index (χ4v) is 2.81. The van der Waals surface area contributed by atoms with Crippen LogP contribution < -0.4 is 5.32 Å². The van der Waals surface area contributed by atoms with E-state index in [1.807, 2.05) is 6.92 Å². The SMILES string of the molecule is CCCNC1(C(=O)OCC)CCC(N(C)CC(F)F)C1. The van der Waals surface area contributed by atoms with Crippen molar-refractivity contribution in [2.24, 2.45) is 0 Å². The molecular formula is C14H26F2N2O2. The van der Waals surface area contributed by atoms with Crippen molar-refractivity contribution in [3.05, 3.63) is 0 Å². The monoisotopic (exact) mass is 292 g/mol. The lowest BCUT2D eigenvalue weighted by atomic mass is 9.97. The second-order valence-electron chi connectivity index (χ2n) is 5.46. The molecule has 1 aliphatic carbocycles. The third-order valence-electron chi connectivity index (χ3n) is 3.92. The number of nitrogens with zero attached hydrogens (tertiary/aromatic N) is 1. The Morgan fingerprint density at radius 1 is 1.50 bits per heavy atom. The van der Waals surface area contributed by atoms with E-state index in [1.54, 1.807) is 18.9 Å². The van der Waals surface area contributed by atoms with Crippen molar-refractivity contribution in [2.45, 2.75) is 57.5 Å². The van der Waals surface area contributed by atoms with Gasteiger partial charge in [-0.3, -0.25) is 9.69 Å². The molecule has 0 heterocycles. The Morgan fingerprint density at radius 3 is 2.75 bits per heavy atom. The van der Waals surface area contributed by atoms with Gasteiger partial charge in [-0.15, -0.1) is 0 Å². The minimum atomic E-state index is -2.35. The first-order valence-electron chi connectivity index (χ1n) is 7.35. The standard InChI is InChI=1S/C14H26F2N2O2/c1-4-8-17-14(13(19)20-5-2)7-6-11(9-14)18(3)10-12(15)16/h11-12,17H,4-10H2,1-3H3. The van der Waals surface area contributed by atoms with E-state index < -0.39 is 12.0 Å². The van der Waals surface area contributed by atoms with Crippen LogP contribution in [-0.2, 0) is 9.53 Å². The minimum absolute atomic E-state index is 0.00207. The van der Waals surface area contributed by atoms with Gasteiger partial charge in [-0.25, -0.2) is 8.78 Å². The van der Waals surface area contributed by atoms with E-state index in [0.717, 1.165) is 19.4 Å². The van der Waals surface area contributed by atoms with Crippen molar-refractivity contribution in [2.75, 3.05) is 26.7 Å². The van der Waals surface area contributed by atoms with Crippen LogP contribution in [0.1, 0.15) is 39.5 Å². The van der Waals surface area contributed by atoms with Crippen molar-refractivity contribution >= 4 is 5.97 Å². The van der Waals surface area contributed by atoms with E-state index in [4.69, 9.17) is 4.74 Å². The number of halogens is 2. The molecule has 0 aromatic rings. The van der Waals surface area contributed by atoms with Crippen LogP contribution in [0.5, 0.6) is 0 Å². The summed E-state index contributed by atoms with van der Waals surface area (Å²) in [6, 6.07) is -0.00207. The molecule has 0 aromatic heterocycles. The van der Waals surface area contributed by atoms with E-state index in [0.29, 0.717) is 19.4 Å². The predicted molar refractivity (Wildman–Crippen MR) is 73.9 cm³/mol. The second-order valence-corrected chi connectivity index (χ2v) is 5.46. The van der Waals surface area contributed by atoms with Gasteiger partial charge < -0.3 is 10.1 Å². The maximum absolute atomic E-state index is 12.5. The zero-order chi connectivity index (χ0) is 15.2. The lowest BCUT2D eigenvalue weighted by Crippen LogP contribution is -2.52. The molecule has 0 spiro atoms. The van der Waals surface area contributed by atoms with Gasteiger partial charge in [0.1, 0.15) is 5.54 Å². The molecule has 6 heteroatoms. The van der Waals surface area contributed by atoms with Gasteiger partial charge in [0.25, 0.3) is 6.43 Å². The number of nitrogens with one attached hydrogen (secondary N) is 1. The first-order chi connectivity index (χ1) is 9.45. The van der Waals surface area contributed by atoms with Crippen molar-refractivity contribution in [1.29, 1.82) is 0 Å². The Labute approximate surface area is 119 Å². The molecule has 0 saturated heterocycles. The molecule has 0 radical (unpaired) electrons. The van der Waals surface area contributed by atoms with Crippen molar-refractivity contribution in [3.8, 4) is 0 Å². The molecule has 0 amide bonds. The summed E-state index contributed by atoms with van der Waals surface area (Å²) in [5.41, 5.74) is -0.701. The number of ether oxygens (including phenoxy) is 1. The zero-order valence-corrected chi connectivity index (χ0v) is 12.6. The van der Waals surface area contributed by atoms with Crippen LogP contribution in [0.4, 0.5) is 8.78 Å². The zero-order valence-electron chi connectivity index (χ0n) is 12.6. The van der Waals surface area contributed by atoms with Crippen LogP contribution in [0.25, 0.3) is 0 Å². The summed E-state index contributed by atoms with van der Waals surface area (Å²) >= 11 is 0. The first kappa shape index (κ1) is 17.3. The fourth-order valence-electron chi connectivity index (χ4n) is 2.81. The quantitative estimate of drug-likeness (QED) is 0.695. The number of carbonyl (C=O) groups excluding carboxylic acids is 1. The van der Waals surface area contributed by atoms with Gasteiger partial charge in [-0.05, 0) is 46.2 Å². The highest BCUT2D eigenvalue weighted by atomic mass is 19.3. The molecule has 1 saturated carbocycles. The van der Waals surface area contributed by atoms with Gasteiger partial charge in [0.05, 0.1) is 13.2 Å². The lowest BCUT2D eigenvalue weighted by molar-refractivity contribution is -0.151. The molecule has 0 aliphatic heterocycles. The summed E-state index contributed by atoms with van der Waals surface area (Å²) in [4.78, 5) is 13.9. The van der Waals surface area contributed by atoms with Gasteiger partial charge in [-0.2, -0.15) is 0 Å². The smallest absolute Gasteiger partial charge is 0.326 e. The highest BCUT2D eigenvalue weighted by Gasteiger charge is 2.47. The molecular weight excluding hydrogens is 266 g/mol. The molecule has 4 nitrogen and oxygen atoms in total. The molecule has 118 valence electrons. The van der Waals surface area contributed by atoms with Gasteiger partial charge >= 0.3 is 5.97 Å². The molecule has 2 atom stereocenters. The normalized spacial score (nSPS) is 26.4. The second kappa shape index (κ2) is 7.88. The summed E-state index contributed by atoms with van der Waals surface area (Å²) < 4.78 is 30.1. The molecule has 1 rings (SSSR count). The summed E-state index contributed by atoms with van der Waals surface area (Å²) in [6.45, 7) is 4.62. The van der Waals surface area contributed by atoms with Crippen LogP contribution in [-0.4, -0.2) is 55.6 Å². The van der Waals surface area contributed by atoms with Gasteiger partial charge in [0.2, 0.25) is 0 Å². The molecule has 20 heavy (non-hydrogen) atoms. The highest BCUT2D eigenvalue weighted by Crippen LogP contribution is 2.34. The van der Waals surface area contributed by atoms with Crippen molar-refractivity contribution in [3.63, 3.8) is 0 Å². The molecule has 0 bridgehead atoms. The van der Waals surface area contributed by atoms with Crippen LogP contribution in [0.2, 0.25) is 0 Å². The highest BCUT2D eigenvalue weighted by molar-refractivity contribution is 5.81. The topological polar surface area (TPSA) is 41.6 Å². The largest absolute Gasteiger partial charge is 0.465 e. The average Bonchev–Trinajstić information content (AvgIpc) is 2.82. The van der Waals surface area contributed by atoms with Crippen LogP contribution >= 0.6 is 0 Å². The van der Waals surface area contributed by atoms with E-state index in [-0.39, 0.29) is 18.6 Å². The maximum atomic E-state index is 12.5. The minimum Gasteiger partial charge on any atom is -0.465 e. The fraction of sp³-hybridized carbons (Fsp3) is 0.929. The Kier molecular flexibility index (Phi) is 6.82. The molecule has 2 unspecified atom stereocenters. The Bertz CT molecular complexity index is 316. The van der Waals surface area contributed by atoms with Crippen molar-refractivity contribution in [1.82, 2.24) is 10.2 Å². The number of hydrogen-bond donors (Lipinski definition) is 1. The van der Waals surface area contributed by atoms with E-state index in [1.165, 1.54) is 0 Å². The molecule has 0 aromatic carbocycles.